The quantitative estimate of drug-likeness (QED) is 0.470. The van der Waals surface area contributed by atoms with E-state index >= 15 is 0 Å². The standard InChI is InChI=1S/C29H36N2O5S/c1-30(2)13-14-37(34,35)23-16-21-15-22(36-3)10-12-24(21)28-27(19-7-5-4-6-8-19)25-11-9-20(29(32)33)17-26(25)31(28)18-23/h9-12,15,17,19,23H,4-8,13-14,16,18H2,1-3H3,(H,32,33). The number of carboxylic acids is 1. The molecular weight excluding hydrogens is 488 g/mol. The molecule has 1 fully saturated rings. The minimum Gasteiger partial charge on any atom is -0.497 e. The van der Waals surface area contributed by atoms with Gasteiger partial charge in [-0.1, -0.05) is 25.3 Å². The third kappa shape index (κ3) is 4.89. The van der Waals surface area contributed by atoms with Crippen LogP contribution in [0.2, 0.25) is 0 Å². The number of benzene rings is 2. The van der Waals surface area contributed by atoms with Crippen molar-refractivity contribution in [2.24, 2.45) is 0 Å². The predicted molar refractivity (Wildman–Crippen MR) is 147 cm³/mol. The molecule has 1 N–H and O–H groups in total. The third-order valence-corrected chi connectivity index (χ3v) is 10.2. The molecule has 1 aliphatic carbocycles. The van der Waals surface area contributed by atoms with Crippen LogP contribution in [0.4, 0.5) is 0 Å². The lowest BCUT2D eigenvalue weighted by molar-refractivity contribution is 0.0697. The highest BCUT2D eigenvalue weighted by molar-refractivity contribution is 7.92. The molecule has 0 amide bonds. The highest BCUT2D eigenvalue weighted by atomic mass is 32.2. The summed E-state index contributed by atoms with van der Waals surface area (Å²) in [5, 5.41) is 10.2. The molecule has 198 valence electrons. The summed E-state index contributed by atoms with van der Waals surface area (Å²) in [4.78, 5) is 13.8. The molecule has 7 nitrogen and oxygen atoms in total. The topological polar surface area (TPSA) is 88.8 Å². The van der Waals surface area contributed by atoms with Crippen molar-refractivity contribution in [3.63, 3.8) is 0 Å². The number of rotatable bonds is 7. The van der Waals surface area contributed by atoms with Crippen molar-refractivity contribution in [1.29, 1.82) is 0 Å². The third-order valence-electron chi connectivity index (χ3n) is 8.10. The molecule has 1 aliphatic heterocycles. The fourth-order valence-electron chi connectivity index (χ4n) is 6.12. The Balaban J connectivity index is 1.78. The van der Waals surface area contributed by atoms with E-state index in [1.165, 1.54) is 24.8 Å². The molecule has 0 saturated heterocycles. The summed E-state index contributed by atoms with van der Waals surface area (Å²) in [7, 11) is 1.95. The normalized spacial score (nSPS) is 18.4. The molecule has 0 bridgehead atoms. The Morgan fingerprint density at radius 1 is 1.11 bits per heavy atom. The number of carboxylic acid groups (broad SMARTS) is 1. The van der Waals surface area contributed by atoms with E-state index in [-0.39, 0.29) is 11.3 Å². The van der Waals surface area contributed by atoms with Crippen LogP contribution in [0.3, 0.4) is 0 Å². The molecule has 8 heteroatoms. The van der Waals surface area contributed by atoms with E-state index < -0.39 is 21.1 Å². The second kappa shape index (κ2) is 10.1. The van der Waals surface area contributed by atoms with Gasteiger partial charge in [0.05, 0.1) is 29.4 Å². The number of hydrogen-bond donors (Lipinski definition) is 1. The lowest BCUT2D eigenvalue weighted by Gasteiger charge is -2.24. The van der Waals surface area contributed by atoms with E-state index in [1.807, 2.05) is 37.2 Å². The first-order valence-electron chi connectivity index (χ1n) is 13.1. The number of aromatic nitrogens is 1. The van der Waals surface area contributed by atoms with Crippen LogP contribution < -0.4 is 4.74 Å². The van der Waals surface area contributed by atoms with Crippen LogP contribution in [0, 0.1) is 0 Å². The maximum Gasteiger partial charge on any atom is 0.335 e. The van der Waals surface area contributed by atoms with Crippen molar-refractivity contribution in [3.8, 4) is 17.0 Å². The predicted octanol–water partition coefficient (Wildman–Crippen LogP) is 4.96. The van der Waals surface area contributed by atoms with Crippen LogP contribution in [0.5, 0.6) is 5.75 Å². The maximum absolute atomic E-state index is 13.7. The Labute approximate surface area is 219 Å². The van der Waals surface area contributed by atoms with Gasteiger partial charge in [-0.3, -0.25) is 0 Å². The number of sulfone groups is 1. The molecule has 1 unspecified atom stereocenters. The number of methoxy groups -OCH3 is 1. The Hall–Kier alpha value is -2.84. The van der Waals surface area contributed by atoms with E-state index in [2.05, 4.69) is 10.6 Å². The lowest BCUT2D eigenvalue weighted by atomic mass is 9.81. The van der Waals surface area contributed by atoms with Crippen molar-refractivity contribution in [3.05, 3.63) is 53.1 Å². The van der Waals surface area contributed by atoms with Crippen LogP contribution in [-0.4, -0.2) is 67.7 Å². The first-order chi connectivity index (χ1) is 17.7. The van der Waals surface area contributed by atoms with Gasteiger partial charge >= 0.3 is 5.97 Å². The van der Waals surface area contributed by atoms with E-state index in [0.29, 0.717) is 31.2 Å². The summed E-state index contributed by atoms with van der Waals surface area (Å²) in [5.41, 5.74) is 5.31. The Bertz CT molecular complexity index is 1430. The molecule has 5 rings (SSSR count). The molecule has 37 heavy (non-hydrogen) atoms. The zero-order chi connectivity index (χ0) is 26.3. The van der Waals surface area contributed by atoms with Crippen molar-refractivity contribution >= 4 is 26.7 Å². The molecule has 1 saturated carbocycles. The average Bonchev–Trinajstić information content (AvgIpc) is 3.09. The fourth-order valence-corrected chi connectivity index (χ4v) is 7.88. The fraction of sp³-hybridized carbons (Fsp3) is 0.483. The van der Waals surface area contributed by atoms with Gasteiger partial charge in [-0.05, 0) is 80.7 Å². The Morgan fingerprint density at radius 2 is 1.86 bits per heavy atom. The summed E-state index contributed by atoms with van der Waals surface area (Å²) in [6.45, 7) is 0.758. The van der Waals surface area contributed by atoms with Crippen LogP contribution >= 0.6 is 0 Å². The molecule has 1 atom stereocenters. The van der Waals surface area contributed by atoms with Gasteiger partial charge in [0, 0.05) is 29.6 Å². The molecule has 0 spiro atoms. The highest BCUT2D eigenvalue weighted by Crippen LogP contribution is 2.47. The number of nitrogens with zero attached hydrogens (tertiary/aromatic N) is 2. The summed E-state index contributed by atoms with van der Waals surface area (Å²) in [5.74, 6) is 0.166. The van der Waals surface area contributed by atoms with Crippen LogP contribution in [0.25, 0.3) is 22.2 Å². The van der Waals surface area contributed by atoms with Crippen molar-refractivity contribution in [2.45, 2.75) is 56.2 Å². The van der Waals surface area contributed by atoms with Gasteiger partial charge in [-0.25, -0.2) is 13.2 Å². The van der Waals surface area contributed by atoms with Crippen molar-refractivity contribution in [1.82, 2.24) is 9.47 Å². The molecular formula is C29H36N2O5S. The minimum atomic E-state index is -3.44. The van der Waals surface area contributed by atoms with Gasteiger partial charge in [0.25, 0.3) is 0 Å². The largest absolute Gasteiger partial charge is 0.497 e. The summed E-state index contributed by atoms with van der Waals surface area (Å²) < 4.78 is 35.0. The van der Waals surface area contributed by atoms with Gasteiger partial charge in [-0.2, -0.15) is 0 Å². The van der Waals surface area contributed by atoms with Gasteiger partial charge in [0.15, 0.2) is 9.84 Å². The average molecular weight is 525 g/mol. The Kier molecular flexibility index (Phi) is 7.07. The van der Waals surface area contributed by atoms with E-state index in [9.17, 15) is 18.3 Å². The summed E-state index contributed by atoms with van der Waals surface area (Å²) >= 11 is 0. The first kappa shape index (κ1) is 25.8. The lowest BCUT2D eigenvalue weighted by Crippen LogP contribution is -2.33. The van der Waals surface area contributed by atoms with Gasteiger partial charge in [0.2, 0.25) is 0 Å². The Morgan fingerprint density at radius 3 is 2.54 bits per heavy atom. The van der Waals surface area contributed by atoms with Crippen molar-refractivity contribution in [2.75, 3.05) is 33.5 Å². The molecule has 2 heterocycles. The zero-order valence-corrected chi connectivity index (χ0v) is 22.7. The van der Waals surface area contributed by atoms with Gasteiger partial charge in [-0.15, -0.1) is 0 Å². The molecule has 2 aromatic carbocycles. The first-order valence-corrected chi connectivity index (χ1v) is 14.8. The number of hydrogen-bond acceptors (Lipinski definition) is 5. The highest BCUT2D eigenvalue weighted by Gasteiger charge is 2.35. The zero-order valence-electron chi connectivity index (χ0n) is 21.9. The second-order valence-electron chi connectivity index (χ2n) is 10.8. The van der Waals surface area contributed by atoms with Crippen LogP contribution in [0.1, 0.15) is 59.5 Å². The molecule has 1 aromatic heterocycles. The molecule has 0 radical (unpaired) electrons. The number of aromatic carboxylic acids is 1. The van der Waals surface area contributed by atoms with Gasteiger partial charge < -0.3 is 19.3 Å². The minimum absolute atomic E-state index is 0.0777. The maximum atomic E-state index is 13.7. The van der Waals surface area contributed by atoms with E-state index in [1.54, 1.807) is 19.2 Å². The van der Waals surface area contributed by atoms with E-state index in [0.717, 1.165) is 40.6 Å². The van der Waals surface area contributed by atoms with Crippen molar-refractivity contribution < 1.29 is 23.1 Å². The van der Waals surface area contributed by atoms with Gasteiger partial charge in [0.1, 0.15) is 5.75 Å². The smallest absolute Gasteiger partial charge is 0.335 e. The monoisotopic (exact) mass is 524 g/mol. The number of carbonyl (C=O) groups is 1. The van der Waals surface area contributed by atoms with E-state index in [4.69, 9.17) is 4.74 Å². The molecule has 3 aromatic rings. The number of ether oxygens (including phenoxy) is 1. The van der Waals surface area contributed by atoms with Crippen LogP contribution in [-0.2, 0) is 22.8 Å². The SMILES string of the molecule is COc1ccc2c(c1)CC(S(=O)(=O)CCN(C)C)Cn1c-2c(C2CCCCC2)c2ccc(C(=O)O)cc21. The molecule has 2 aliphatic rings. The summed E-state index contributed by atoms with van der Waals surface area (Å²) in [6.07, 6.45) is 6.13. The number of fused-ring (bicyclic) bond motifs is 5. The second-order valence-corrected chi connectivity index (χ2v) is 13.2. The summed E-state index contributed by atoms with van der Waals surface area (Å²) in [6, 6.07) is 11.3. The van der Waals surface area contributed by atoms with Crippen LogP contribution in [0.15, 0.2) is 36.4 Å².